The summed E-state index contributed by atoms with van der Waals surface area (Å²) in [7, 11) is -3.15. The predicted octanol–water partition coefficient (Wildman–Crippen LogP) is 2.66. The number of nitrogens with zero attached hydrogens (tertiary/aromatic N) is 1. The van der Waals surface area contributed by atoms with Crippen molar-refractivity contribution in [3.8, 4) is 0 Å². The van der Waals surface area contributed by atoms with Crippen LogP contribution in [0.1, 0.15) is 49.4 Å². The van der Waals surface area contributed by atoms with Crippen molar-refractivity contribution < 1.29 is 18.0 Å². The summed E-state index contributed by atoms with van der Waals surface area (Å²) >= 11 is 6.05. The molecule has 2 fully saturated rings. The van der Waals surface area contributed by atoms with Gasteiger partial charge in [0.25, 0.3) is 5.91 Å². The molecule has 1 saturated carbocycles. The molecule has 1 heterocycles. The second kappa shape index (κ2) is 8.82. The van der Waals surface area contributed by atoms with Crippen LogP contribution in [0.2, 0.25) is 5.02 Å². The highest BCUT2D eigenvalue weighted by Crippen LogP contribution is 2.40. The molecular formula is C20H27ClN2O4S. The molecule has 0 bridgehead atoms. The quantitative estimate of drug-likeness (QED) is 0.757. The fourth-order valence-electron chi connectivity index (χ4n) is 4.35. The lowest BCUT2D eigenvalue weighted by atomic mass is 9.84. The normalized spacial score (nSPS) is 24.6. The SMILES string of the molecule is CCS(=O)(=O)CCNC(=O)C1CC2CCCCC2N1C(=O)c1cccc(Cl)c1. The van der Waals surface area contributed by atoms with Crippen LogP contribution in [0.25, 0.3) is 0 Å². The largest absolute Gasteiger partial charge is 0.353 e. The van der Waals surface area contributed by atoms with Gasteiger partial charge in [-0.2, -0.15) is 0 Å². The fraction of sp³-hybridized carbons (Fsp3) is 0.600. The monoisotopic (exact) mass is 426 g/mol. The highest BCUT2D eigenvalue weighted by molar-refractivity contribution is 7.91. The molecule has 3 rings (SSSR count). The van der Waals surface area contributed by atoms with Crippen molar-refractivity contribution in [3.63, 3.8) is 0 Å². The summed E-state index contributed by atoms with van der Waals surface area (Å²) in [4.78, 5) is 27.8. The molecule has 0 spiro atoms. The molecule has 3 unspecified atom stereocenters. The number of amides is 2. The molecular weight excluding hydrogens is 400 g/mol. The summed E-state index contributed by atoms with van der Waals surface area (Å²) in [5.41, 5.74) is 0.477. The average molecular weight is 427 g/mol. The molecule has 28 heavy (non-hydrogen) atoms. The number of likely N-dealkylation sites (tertiary alicyclic amines) is 1. The number of sulfone groups is 1. The first-order valence-electron chi connectivity index (χ1n) is 9.88. The van der Waals surface area contributed by atoms with Gasteiger partial charge in [-0.15, -0.1) is 0 Å². The van der Waals surface area contributed by atoms with Crippen LogP contribution in [0.15, 0.2) is 24.3 Å². The van der Waals surface area contributed by atoms with Crippen molar-refractivity contribution in [2.45, 2.75) is 51.1 Å². The van der Waals surface area contributed by atoms with Crippen LogP contribution in [0.3, 0.4) is 0 Å². The minimum atomic E-state index is -3.15. The van der Waals surface area contributed by atoms with Crippen LogP contribution in [-0.2, 0) is 14.6 Å². The van der Waals surface area contributed by atoms with Crippen LogP contribution >= 0.6 is 11.6 Å². The van der Waals surface area contributed by atoms with Gasteiger partial charge in [-0.3, -0.25) is 9.59 Å². The van der Waals surface area contributed by atoms with E-state index in [0.717, 1.165) is 25.7 Å². The number of hydrogen-bond donors (Lipinski definition) is 1. The summed E-state index contributed by atoms with van der Waals surface area (Å²) in [5.74, 6) is -0.173. The summed E-state index contributed by atoms with van der Waals surface area (Å²) in [6.07, 6.45) is 4.69. The van der Waals surface area contributed by atoms with Crippen molar-refractivity contribution in [1.29, 1.82) is 0 Å². The van der Waals surface area contributed by atoms with Gasteiger partial charge in [0.15, 0.2) is 9.84 Å². The second-order valence-corrected chi connectivity index (χ2v) is 10.5. The molecule has 8 heteroatoms. The summed E-state index contributed by atoms with van der Waals surface area (Å²) in [6, 6.07) is 6.27. The maximum Gasteiger partial charge on any atom is 0.254 e. The first-order valence-corrected chi connectivity index (χ1v) is 12.1. The minimum Gasteiger partial charge on any atom is -0.353 e. The highest BCUT2D eigenvalue weighted by atomic mass is 35.5. The number of fused-ring (bicyclic) bond motifs is 1. The van der Waals surface area contributed by atoms with Gasteiger partial charge in [-0.1, -0.05) is 37.4 Å². The molecule has 1 aliphatic heterocycles. The molecule has 3 atom stereocenters. The Kier molecular flexibility index (Phi) is 6.65. The van der Waals surface area contributed by atoms with Crippen molar-refractivity contribution in [2.75, 3.05) is 18.1 Å². The molecule has 1 aromatic carbocycles. The van der Waals surface area contributed by atoms with E-state index in [0.29, 0.717) is 22.9 Å². The lowest BCUT2D eigenvalue weighted by Gasteiger charge is -2.33. The number of carbonyl (C=O) groups is 2. The Bertz CT molecular complexity index is 842. The zero-order valence-electron chi connectivity index (χ0n) is 16.1. The second-order valence-electron chi connectivity index (χ2n) is 7.61. The lowest BCUT2D eigenvalue weighted by Crippen LogP contribution is -2.50. The van der Waals surface area contributed by atoms with Crippen molar-refractivity contribution in [3.05, 3.63) is 34.9 Å². The van der Waals surface area contributed by atoms with Gasteiger partial charge in [0.1, 0.15) is 6.04 Å². The van der Waals surface area contributed by atoms with Gasteiger partial charge >= 0.3 is 0 Å². The number of halogens is 1. The molecule has 6 nitrogen and oxygen atoms in total. The van der Waals surface area contributed by atoms with Crippen LogP contribution in [0, 0.1) is 5.92 Å². The van der Waals surface area contributed by atoms with Gasteiger partial charge in [-0.05, 0) is 43.4 Å². The van der Waals surface area contributed by atoms with E-state index in [1.54, 1.807) is 36.1 Å². The van der Waals surface area contributed by atoms with E-state index in [1.807, 2.05) is 0 Å². The number of carbonyl (C=O) groups excluding carboxylic acids is 2. The highest BCUT2D eigenvalue weighted by Gasteiger charge is 2.47. The average Bonchev–Trinajstić information content (AvgIpc) is 3.07. The first-order chi connectivity index (χ1) is 13.3. The van der Waals surface area contributed by atoms with Crippen molar-refractivity contribution in [2.24, 2.45) is 5.92 Å². The van der Waals surface area contributed by atoms with Gasteiger partial charge in [0, 0.05) is 28.9 Å². The number of hydrogen-bond acceptors (Lipinski definition) is 4. The molecule has 1 saturated heterocycles. The molecule has 2 amide bonds. The maximum absolute atomic E-state index is 13.2. The Labute approximate surface area is 171 Å². The summed E-state index contributed by atoms with van der Waals surface area (Å²) < 4.78 is 23.3. The van der Waals surface area contributed by atoms with Gasteiger partial charge in [-0.25, -0.2) is 8.42 Å². The van der Waals surface area contributed by atoms with Crippen LogP contribution in [0.5, 0.6) is 0 Å². The topological polar surface area (TPSA) is 83.6 Å². The summed E-state index contributed by atoms with van der Waals surface area (Å²) in [6.45, 7) is 1.66. The number of nitrogens with one attached hydrogen (secondary N) is 1. The van der Waals surface area contributed by atoms with E-state index in [4.69, 9.17) is 11.6 Å². The van der Waals surface area contributed by atoms with Crippen molar-refractivity contribution >= 4 is 33.3 Å². The smallest absolute Gasteiger partial charge is 0.254 e. The van der Waals surface area contributed by atoms with Gasteiger partial charge < -0.3 is 10.2 Å². The van der Waals surface area contributed by atoms with Gasteiger partial charge in [0.2, 0.25) is 5.91 Å². The minimum absolute atomic E-state index is 0.0513. The van der Waals surface area contributed by atoms with Crippen LogP contribution < -0.4 is 5.32 Å². The lowest BCUT2D eigenvalue weighted by molar-refractivity contribution is -0.125. The third-order valence-corrected chi connectivity index (χ3v) is 7.79. The van der Waals surface area contributed by atoms with E-state index in [1.165, 1.54) is 0 Å². The van der Waals surface area contributed by atoms with Crippen LogP contribution in [0.4, 0.5) is 0 Å². The van der Waals surface area contributed by atoms with E-state index < -0.39 is 15.9 Å². The summed E-state index contributed by atoms with van der Waals surface area (Å²) in [5, 5.41) is 3.22. The molecule has 2 aliphatic rings. The first kappa shape index (κ1) is 21.1. The van der Waals surface area contributed by atoms with E-state index in [-0.39, 0.29) is 35.9 Å². The Morgan fingerprint density at radius 2 is 2.00 bits per heavy atom. The number of benzene rings is 1. The third-order valence-electron chi connectivity index (χ3n) is 5.85. The van der Waals surface area contributed by atoms with E-state index >= 15 is 0 Å². The molecule has 154 valence electrons. The Balaban J connectivity index is 1.77. The number of rotatable bonds is 6. The fourth-order valence-corrected chi connectivity index (χ4v) is 5.24. The predicted molar refractivity (Wildman–Crippen MR) is 109 cm³/mol. The molecule has 1 aromatic rings. The molecule has 1 aliphatic carbocycles. The molecule has 0 aromatic heterocycles. The van der Waals surface area contributed by atoms with E-state index in [9.17, 15) is 18.0 Å². The zero-order valence-corrected chi connectivity index (χ0v) is 17.6. The van der Waals surface area contributed by atoms with E-state index in [2.05, 4.69) is 5.32 Å². The van der Waals surface area contributed by atoms with Crippen molar-refractivity contribution in [1.82, 2.24) is 10.2 Å². The molecule has 1 N–H and O–H groups in total. The third kappa shape index (κ3) is 4.69. The molecule has 0 radical (unpaired) electrons. The Hall–Kier alpha value is -1.60. The maximum atomic E-state index is 13.2. The zero-order chi connectivity index (χ0) is 20.3. The van der Waals surface area contributed by atoms with Gasteiger partial charge in [0.05, 0.1) is 5.75 Å². The standard InChI is InChI=1S/C20H27ClN2O4S/c1-2-28(26,27)11-10-22-19(24)18-13-14-6-3-4-9-17(14)23(18)20(25)15-7-5-8-16(21)12-15/h5,7-8,12,14,17-18H,2-4,6,9-11,13H2,1H3,(H,22,24). The van der Waals surface area contributed by atoms with Crippen LogP contribution in [-0.4, -0.2) is 55.3 Å². The Morgan fingerprint density at radius 3 is 2.71 bits per heavy atom. The Morgan fingerprint density at radius 1 is 1.25 bits per heavy atom.